The lowest BCUT2D eigenvalue weighted by molar-refractivity contribution is -0.123. The summed E-state index contributed by atoms with van der Waals surface area (Å²) >= 11 is 5.96. The molecule has 0 aromatic heterocycles. The largest absolute Gasteiger partial charge is 0.492 e. The molecule has 0 saturated carbocycles. The molecule has 0 spiro atoms. The molecular formula is C16H23ClN2O3. The number of nitrogens with one attached hydrogen (secondary N) is 2. The molecule has 2 N–H and O–H groups in total. The summed E-state index contributed by atoms with van der Waals surface area (Å²) in [5.41, 5.74) is 0. The third-order valence-electron chi connectivity index (χ3n) is 2.89. The van der Waals surface area contributed by atoms with E-state index in [0.717, 1.165) is 6.42 Å². The first kappa shape index (κ1) is 18.3. The van der Waals surface area contributed by atoms with Crippen LogP contribution >= 0.6 is 11.6 Å². The predicted octanol–water partition coefficient (Wildman–Crippen LogP) is 2.53. The highest BCUT2D eigenvalue weighted by Crippen LogP contribution is 2.23. The Balaban J connectivity index is 2.04. The molecule has 1 rings (SSSR count). The zero-order chi connectivity index (χ0) is 16.2. The van der Waals surface area contributed by atoms with Crippen molar-refractivity contribution < 1.29 is 14.3 Å². The highest BCUT2D eigenvalue weighted by molar-refractivity contribution is 6.32. The van der Waals surface area contributed by atoms with E-state index in [2.05, 4.69) is 10.6 Å². The molecule has 0 saturated heterocycles. The van der Waals surface area contributed by atoms with Gasteiger partial charge in [-0.3, -0.25) is 9.59 Å². The SMILES string of the molecule is CCCC(=O)NCCNC(=O)CCCOc1ccccc1Cl. The van der Waals surface area contributed by atoms with Crippen LogP contribution < -0.4 is 15.4 Å². The van der Waals surface area contributed by atoms with Crippen molar-refractivity contribution in [3.8, 4) is 5.75 Å². The third kappa shape index (κ3) is 7.88. The number of para-hydroxylation sites is 1. The summed E-state index contributed by atoms with van der Waals surface area (Å²) in [5.74, 6) is 0.598. The number of benzene rings is 1. The van der Waals surface area contributed by atoms with Gasteiger partial charge in [-0.2, -0.15) is 0 Å². The average Bonchev–Trinajstić information content (AvgIpc) is 2.50. The molecule has 0 aliphatic heterocycles. The van der Waals surface area contributed by atoms with Crippen LogP contribution in [0.15, 0.2) is 24.3 Å². The topological polar surface area (TPSA) is 67.4 Å². The third-order valence-corrected chi connectivity index (χ3v) is 3.20. The van der Waals surface area contributed by atoms with Gasteiger partial charge >= 0.3 is 0 Å². The van der Waals surface area contributed by atoms with Gasteiger partial charge in [0.1, 0.15) is 5.75 Å². The van der Waals surface area contributed by atoms with E-state index in [1.165, 1.54) is 0 Å². The first-order valence-corrected chi connectivity index (χ1v) is 7.92. The van der Waals surface area contributed by atoms with Crippen LogP contribution in [0.25, 0.3) is 0 Å². The second-order valence-electron chi connectivity index (χ2n) is 4.83. The fourth-order valence-electron chi connectivity index (χ4n) is 1.78. The lowest BCUT2D eigenvalue weighted by atomic mass is 10.3. The Bertz CT molecular complexity index is 480. The van der Waals surface area contributed by atoms with Crippen LogP contribution in [0.5, 0.6) is 5.75 Å². The van der Waals surface area contributed by atoms with E-state index in [1.807, 2.05) is 19.1 Å². The molecule has 1 aromatic carbocycles. The van der Waals surface area contributed by atoms with Gasteiger partial charge in [0, 0.05) is 25.9 Å². The van der Waals surface area contributed by atoms with Gasteiger partial charge in [0.25, 0.3) is 0 Å². The van der Waals surface area contributed by atoms with E-state index in [4.69, 9.17) is 16.3 Å². The highest BCUT2D eigenvalue weighted by Gasteiger charge is 2.03. The molecule has 2 amide bonds. The van der Waals surface area contributed by atoms with Crippen LogP contribution in [0.2, 0.25) is 5.02 Å². The first-order chi connectivity index (χ1) is 10.6. The van der Waals surface area contributed by atoms with E-state index in [1.54, 1.807) is 12.1 Å². The molecule has 5 nitrogen and oxygen atoms in total. The Hall–Kier alpha value is -1.75. The molecule has 0 heterocycles. The fourth-order valence-corrected chi connectivity index (χ4v) is 1.97. The van der Waals surface area contributed by atoms with Gasteiger partial charge in [-0.15, -0.1) is 0 Å². The molecule has 0 unspecified atom stereocenters. The monoisotopic (exact) mass is 326 g/mol. The summed E-state index contributed by atoms with van der Waals surface area (Å²) in [6.45, 7) is 3.29. The van der Waals surface area contributed by atoms with Crippen molar-refractivity contribution >= 4 is 23.4 Å². The summed E-state index contributed by atoms with van der Waals surface area (Å²) in [6.07, 6.45) is 2.34. The molecule has 6 heteroatoms. The van der Waals surface area contributed by atoms with Crippen LogP contribution in [-0.2, 0) is 9.59 Å². The van der Waals surface area contributed by atoms with Gasteiger partial charge in [0.05, 0.1) is 11.6 Å². The number of hydrogen-bond acceptors (Lipinski definition) is 3. The molecule has 0 radical (unpaired) electrons. The molecule has 0 fully saturated rings. The zero-order valence-corrected chi connectivity index (χ0v) is 13.6. The lowest BCUT2D eigenvalue weighted by Gasteiger charge is -2.08. The first-order valence-electron chi connectivity index (χ1n) is 7.54. The molecular weight excluding hydrogens is 304 g/mol. The minimum Gasteiger partial charge on any atom is -0.492 e. The molecule has 22 heavy (non-hydrogen) atoms. The van der Waals surface area contributed by atoms with E-state index >= 15 is 0 Å². The van der Waals surface area contributed by atoms with E-state index in [9.17, 15) is 9.59 Å². The molecule has 0 aliphatic rings. The van der Waals surface area contributed by atoms with Crippen molar-refractivity contribution in [2.45, 2.75) is 32.6 Å². The Morgan fingerprint density at radius 3 is 2.36 bits per heavy atom. The van der Waals surface area contributed by atoms with Crippen LogP contribution in [0.4, 0.5) is 0 Å². The van der Waals surface area contributed by atoms with Gasteiger partial charge < -0.3 is 15.4 Å². The van der Waals surface area contributed by atoms with Crippen LogP contribution in [-0.4, -0.2) is 31.5 Å². The van der Waals surface area contributed by atoms with Gasteiger partial charge in [0.15, 0.2) is 0 Å². The fraction of sp³-hybridized carbons (Fsp3) is 0.500. The van der Waals surface area contributed by atoms with Crippen molar-refractivity contribution in [2.24, 2.45) is 0 Å². The highest BCUT2D eigenvalue weighted by atomic mass is 35.5. The van der Waals surface area contributed by atoms with E-state index in [0.29, 0.717) is 49.7 Å². The number of ether oxygens (including phenoxy) is 1. The minimum atomic E-state index is -0.0486. The lowest BCUT2D eigenvalue weighted by Crippen LogP contribution is -2.34. The second-order valence-corrected chi connectivity index (χ2v) is 5.24. The predicted molar refractivity (Wildman–Crippen MR) is 87.1 cm³/mol. The van der Waals surface area contributed by atoms with Crippen molar-refractivity contribution in [2.75, 3.05) is 19.7 Å². The quantitative estimate of drug-likeness (QED) is 0.649. The number of hydrogen-bond donors (Lipinski definition) is 2. The number of carbonyl (C=O) groups is 2. The van der Waals surface area contributed by atoms with Gasteiger partial charge in [-0.05, 0) is 25.0 Å². The summed E-state index contributed by atoms with van der Waals surface area (Å²) in [4.78, 5) is 22.8. The molecule has 1 aromatic rings. The summed E-state index contributed by atoms with van der Waals surface area (Å²) in [5, 5.41) is 6.06. The van der Waals surface area contributed by atoms with Gasteiger partial charge in [-0.25, -0.2) is 0 Å². The van der Waals surface area contributed by atoms with Crippen molar-refractivity contribution in [3.05, 3.63) is 29.3 Å². The maximum atomic E-state index is 11.6. The Morgan fingerprint density at radius 1 is 1.09 bits per heavy atom. The summed E-state index contributed by atoms with van der Waals surface area (Å²) < 4.78 is 5.50. The van der Waals surface area contributed by atoms with Crippen LogP contribution in [0.1, 0.15) is 32.6 Å². The number of amides is 2. The second kappa shape index (κ2) is 10.9. The van der Waals surface area contributed by atoms with Crippen molar-refractivity contribution in [3.63, 3.8) is 0 Å². The van der Waals surface area contributed by atoms with Crippen LogP contribution in [0.3, 0.4) is 0 Å². The van der Waals surface area contributed by atoms with Crippen molar-refractivity contribution in [1.82, 2.24) is 10.6 Å². The van der Waals surface area contributed by atoms with E-state index in [-0.39, 0.29) is 11.8 Å². The van der Waals surface area contributed by atoms with Gasteiger partial charge in [-0.1, -0.05) is 30.7 Å². The zero-order valence-electron chi connectivity index (χ0n) is 12.9. The maximum absolute atomic E-state index is 11.6. The summed E-state index contributed by atoms with van der Waals surface area (Å²) in [6, 6.07) is 7.24. The molecule has 122 valence electrons. The number of carbonyl (C=O) groups excluding carboxylic acids is 2. The Morgan fingerprint density at radius 2 is 1.73 bits per heavy atom. The number of rotatable bonds is 10. The van der Waals surface area contributed by atoms with E-state index < -0.39 is 0 Å². The normalized spacial score (nSPS) is 10.1. The smallest absolute Gasteiger partial charge is 0.220 e. The molecule has 0 bridgehead atoms. The molecule has 0 aliphatic carbocycles. The Kier molecular flexibility index (Phi) is 9.07. The Labute approximate surface area is 136 Å². The number of halogens is 1. The van der Waals surface area contributed by atoms with Gasteiger partial charge in [0.2, 0.25) is 11.8 Å². The van der Waals surface area contributed by atoms with Crippen molar-refractivity contribution in [1.29, 1.82) is 0 Å². The summed E-state index contributed by atoms with van der Waals surface area (Å²) in [7, 11) is 0. The molecule has 0 atom stereocenters. The standard InChI is InChI=1S/C16H23ClN2O3/c1-2-6-15(20)18-10-11-19-16(21)9-5-12-22-14-8-4-3-7-13(14)17/h3-4,7-8H,2,5-6,9-12H2,1H3,(H,18,20)(H,19,21). The van der Waals surface area contributed by atoms with Crippen LogP contribution in [0, 0.1) is 0 Å². The maximum Gasteiger partial charge on any atom is 0.220 e. The minimum absolute atomic E-state index is 0.0184. The average molecular weight is 327 g/mol.